The molecule has 18 heavy (non-hydrogen) atoms. The molecule has 2 atom stereocenters. The monoisotopic (exact) mass is 254 g/mol. The summed E-state index contributed by atoms with van der Waals surface area (Å²) in [5.41, 5.74) is -0.761. The fraction of sp³-hybridized carbons (Fsp3) is 0.833. The van der Waals surface area contributed by atoms with E-state index in [1.54, 1.807) is 6.33 Å². The number of ether oxygens (including phenoxy) is 1. The highest BCUT2D eigenvalue weighted by Gasteiger charge is 2.39. The Morgan fingerprint density at radius 3 is 3.06 bits per heavy atom. The maximum atomic E-state index is 10.3. The molecule has 1 aromatic heterocycles. The molecule has 0 radical (unpaired) electrons. The van der Waals surface area contributed by atoms with Crippen LogP contribution in [0.2, 0.25) is 0 Å². The quantitative estimate of drug-likeness (QED) is 0.800. The molecule has 2 heterocycles. The van der Waals surface area contributed by atoms with Crippen molar-refractivity contribution in [2.24, 2.45) is 0 Å². The zero-order valence-electron chi connectivity index (χ0n) is 11.3. The molecule has 1 saturated heterocycles. The number of hydrogen-bond donors (Lipinski definition) is 2. The molecule has 1 fully saturated rings. The van der Waals surface area contributed by atoms with Crippen molar-refractivity contribution < 1.29 is 9.84 Å². The number of aliphatic hydroxyl groups is 1. The van der Waals surface area contributed by atoms with Crippen LogP contribution >= 0.6 is 0 Å². The second-order valence-corrected chi connectivity index (χ2v) is 5.18. The molecule has 0 aliphatic carbocycles. The molecule has 1 aliphatic rings. The Morgan fingerprint density at radius 1 is 1.67 bits per heavy atom. The summed E-state index contributed by atoms with van der Waals surface area (Å²) in [6, 6.07) is 0.293. The van der Waals surface area contributed by atoms with E-state index < -0.39 is 5.60 Å². The Morgan fingerprint density at radius 2 is 2.44 bits per heavy atom. The predicted octanol–water partition coefficient (Wildman–Crippen LogP) is 0.488. The normalized spacial score (nSPS) is 28.2. The third kappa shape index (κ3) is 2.71. The Hall–Kier alpha value is -0.980. The minimum atomic E-state index is -0.761. The Kier molecular flexibility index (Phi) is 3.99. The van der Waals surface area contributed by atoms with Crippen LogP contribution in [0.15, 0.2) is 6.33 Å². The predicted molar refractivity (Wildman–Crippen MR) is 67.1 cm³/mol. The van der Waals surface area contributed by atoms with Gasteiger partial charge in [-0.25, -0.2) is 9.67 Å². The van der Waals surface area contributed by atoms with Crippen LogP contribution < -0.4 is 5.32 Å². The SMILES string of the molecule is CC(C)n1ncnc1CNCC1(O)CCOC1C. The van der Waals surface area contributed by atoms with E-state index in [4.69, 9.17) is 4.74 Å². The van der Waals surface area contributed by atoms with Crippen molar-refractivity contribution in [1.29, 1.82) is 0 Å². The van der Waals surface area contributed by atoms with Gasteiger partial charge in [-0.1, -0.05) is 0 Å². The minimum Gasteiger partial charge on any atom is -0.386 e. The van der Waals surface area contributed by atoms with Crippen molar-refractivity contribution in [2.75, 3.05) is 13.2 Å². The van der Waals surface area contributed by atoms with Crippen molar-refractivity contribution >= 4 is 0 Å². The highest BCUT2D eigenvalue weighted by molar-refractivity contribution is 4.93. The molecule has 2 unspecified atom stereocenters. The van der Waals surface area contributed by atoms with E-state index in [1.807, 2.05) is 11.6 Å². The number of nitrogens with zero attached hydrogens (tertiary/aromatic N) is 3. The van der Waals surface area contributed by atoms with Crippen molar-refractivity contribution in [3.8, 4) is 0 Å². The van der Waals surface area contributed by atoms with E-state index in [0.717, 1.165) is 5.82 Å². The first-order valence-electron chi connectivity index (χ1n) is 6.46. The molecule has 2 rings (SSSR count). The van der Waals surface area contributed by atoms with Gasteiger partial charge in [-0.2, -0.15) is 5.10 Å². The lowest BCUT2D eigenvalue weighted by atomic mass is 9.97. The van der Waals surface area contributed by atoms with Gasteiger partial charge in [-0.15, -0.1) is 0 Å². The highest BCUT2D eigenvalue weighted by atomic mass is 16.5. The molecular formula is C12H22N4O2. The van der Waals surface area contributed by atoms with E-state index >= 15 is 0 Å². The van der Waals surface area contributed by atoms with Crippen LogP contribution in [0.5, 0.6) is 0 Å². The smallest absolute Gasteiger partial charge is 0.141 e. The topological polar surface area (TPSA) is 72.2 Å². The van der Waals surface area contributed by atoms with Gasteiger partial charge >= 0.3 is 0 Å². The Balaban J connectivity index is 1.87. The van der Waals surface area contributed by atoms with Gasteiger partial charge in [0, 0.05) is 25.6 Å². The summed E-state index contributed by atoms with van der Waals surface area (Å²) < 4.78 is 7.28. The standard InChI is InChI=1S/C12H22N4O2/c1-9(2)16-11(14-8-15-16)6-13-7-12(17)4-5-18-10(12)3/h8-10,13,17H,4-7H2,1-3H3. The third-order valence-corrected chi connectivity index (χ3v) is 3.51. The van der Waals surface area contributed by atoms with E-state index in [1.165, 1.54) is 0 Å². The van der Waals surface area contributed by atoms with Crippen molar-refractivity contribution in [1.82, 2.24) is 20.1 Å². The number of rotatable bonds is 5. The third-order valence-electron chi connectivity index (χ3n) is 3.51. The molecule has 0 saturated carbocycles. The summed E-state index contributed by atoms with van der Waals surface area (Å²) in [6.45, 7) is 7.79. The van der Waals surface area contributed by atoms with Gasteiger partial charge in [0.05, 0.1) is 12.6 Å². The molecule has 0 bridgehead atoms. The van der Waals surface area contributed by atoms with Crippen LogP contribution in [0, 0.1) is 0 Å². The highest BCUT2D eigenvalue weighted by Crippen LogP contribution is 2.24. The van der Waals surface area contributed by atoms with E-state index in [2.05, 4.69) is 29.2 Å². The van der Waals surface area contributed by atoms with Gasteiger partial charge in [0.25, 0.3) is 0 Å². The van der Waals surface area contributed by atoms with E-state index in [0.29, 0.717) is 32.2 Å². The van der Waals surface area contributed by atoms with Crippen LogP contribution in [0.25, 0.3) is 0 Å². The number of aromatic nitrogens is 3. The van der Waals surface area contributed by atoms with E-state index in [9.17, 15) is 5.11 Å². The Bertz CT molecular complexity index is 393. The summed E-state index contributed by atoms with van der Waals surface area (Å²) >= 11 is 0. The van der Waals surface area contributed by atoms with E-state index in [-0.39, 0.29) is 6.10 Å². The van der Waals surface area contributed by atoms with Gasteiger partial charge in [0.2, 0.25) is 0 Å². The molecule has 102 valence electrons. The van der Waals surface area contributed by atoms with Crippen LogP contribution in [0.1, 0.15) is 39.1 Å². The molecule has 0 amide bonds. The van der Waals surface area contributed by atoms with Gasteiger partial charge in [-0.3, -0.25) is 0 Å². The molecule has 1 aliphatic heterocycles. The summed E-state index contributed by atoms with van der Waals surface area (Å²) in [5, 5.41) is 17.8. The summed E-state index contributed by atoms with van der Waals surface area (Å²) in [4.78, 5) is 4.22. The van der Waals surface area contributed by atoms with Crippen LogP contribution in [-0.2, 0) is 11.3 Å². The molecular weight excluding hydrogens is 232 g/mol. The molecule has 2 N–H and O–H groups in total. The van der Waals surface area contributed by atoms with Gasteiger partial charge in [-0.05, 0) is 20.8 Å². The number of nitrogens with one attached hydrogen (secondary N) is 1. The Labute approximate surface area is 107 Å². The first kappa shape index (κ1) is 13.5. The zero-order chi connectivity index (χ0) is 13.2. The fourth-order valence-electron chi connectivity index (χ4n) is 2.23. The van der Waals surface area contributed by atoms with Crippen molar-refractivity contribution in [2.45, 2.75) is 51.5 Å². The van der Waals surface area contributed by atoms with Gasteiger partial charge in [0.1, 0.15) is 17.8 Å². The second kappa shape index (κ2) is 5.34. The second-order valence-electron chi connectivity index (χ2n) is 5.18. The van der Waals surface area contributed by atoms with Gasteiger partial charge < -0.3 is 15.2 Å². The fourth-order valence-corrected chi connectivity index (χ4v) is 2.23. The first-order chi connectivity index (χ1) is 8.53. The largest absolute Gasteiger partial charge is 0.386 e. The van der Waals surface area contributed by atoms with Crippen molar-refractivity contribution in [3.05, 3.63) is 12.2 Å². The zero-order valence-corrected chi connectivity index (χ0v) is 11.3. The molecule has 6 nitrogen and oxygen atoms in total. The van der Waals surface area contributed by atoms with Gasteiger partial charge in [0.15, 0.2) is 0 Å². The number of hydrogen-bond acceptors (Lipinski definition) is 5. The summed E-state index contributed by atoms with van der Waals surface area (Å²) in [7, 11) is 0. The molecule has 1 aromatic rings. The average Bonchev–Trinajstić information content (AvgIpc) is 2.88. The minimum absolute atomic E-state index is 0.118. The summed E-state index contributed by atoms with van der Waals surface area (Å²) in [5.74, 6) is 0.889. The average molecular weight is 254 g/mol. The maximum absolute atomic E-state index is 10.3. The molecule has 0 spiro atoms. The maximum Gasteiger partial charge on any atom is 0.141 e. The van der Waals surface area contributed by atoms with Crippen LogP contribution in [0.3, 0.4) is 0 Å². The van der Waals surface area contributed by atoms with Crippen LogP contribution in [-0.4, -0.2) is 44.7 Å². The first-order valence-corrected chi connectivity index (χ1v) is 6.46. The van der Waals surface area contributed by atoms with Crippen LogP contribution in [0.4, 0.5) is 0 Å². The van der Waals surface area contributed by atoms with Crippen molar-refractivity contribution in [3.63, 3.8) is 0 Å². The lowest BCUT2D eigenvalue weighted by Gasteiger charge is -2.26. The molecule has 0 aromatic carbocycles. The lowest BCUT2D eigenvalue weighted by Crippen LogP contribution is -2.45. The lowest BCUT2D eigenvalue weighted by molar-refractivity contribution is -0.0264. The summed E-state index contributed by atoms with van der Waals surface area (Å²) in [6.07, 6.45) is 2.12. The molecule has 6 heteroatoms.